The van der Waals surface area contributed by atoms with Gasteiger partial charge in [0.25, 0.3) is 0 Å². The molecule has 0 bridgehead atoms. The van der Waals surface area contributed by atoms with Crippen LogP contribution in [0.2, 0.25) is 0 Å². The fourth-order valence-electron chi connectivity index (χ4n) is 6.48. The van der Waals surface area contributed by atoms with Crippen LogP contribution in [-0.4, -0.2) is 56.2 Å². The zero-order valence-corrected chi connectivity index (χ0v) is 23.3. The SMILES string of the molecule is C[C@@H]1CCc2ncnc(N3CC4(CCN(C(=O)OC(C)(C)C)CC4)c4c(CNc5ncccn5)cccc43)c21. The Morgan fingerprint density at radius 3 is 2.62 bits per heavy atom. The number of amides is 1. The number of benzene rings is 1. The number of carbonyl (C=O) groups is 1. The zero-order valence-electron chi connectivity index (χ0n) is 23.3. The number of nitrogens with zero attached hydrogens (tertiary/aromatic N) is 6. The minimum atomic E-state index is -0.509. The Morgan fingerprint density at radius 1 is 1.10 bits per heavy atom. The van der Waals surface area contributed by atoms with Crippen LogP contribution in [-0.2, 0) is 23.1 Å². The molecule has 0 unspecified atom stereocenters. The molecule has 1 amide bonds. The average Bonchev–Trinajstić information content (AvgIpc) is 3.46. The first-order valence-electron chi connectivity index (χ1n) is 14.0. The van der Waals surface area contributed by atoms with E-state index in [2.05, 4.69) is 50.3 Å². The summed E-state index contributed by atoms with van der Waals surface area (Å²) in [4.78, 5) is 35.4. The van der Waals surface area contributed by atoms with Crippen LogP contribution in [0.4, 0.5) is 22.2 Å². The van der Waals surface area contributed by atoms with E-state index in [-0.39, 0.29) is 11.5 Å². The maximum atomic E-state index is 12.9. The van der Waals surface area contributed by atoms with Crippen LogP contribution in [0.5, 0.6) is 0 Å². The number of fused-ring (bicyclic) bond motifs is 3. The first-order valence-corrected chi connectivity index (χ1v) is 14.0. The van der Waals surface area contributed by atoms with E-state index in [0.29, 0.717) is 31.5 Å². The number of anilines is 3. The maximum Gasteiger partial charge on any atom is 0.410 e. The fraction of sp³-hybridized carbons (Fsp3) is 0.500. The van der Waals surface area contributed by atoms with Gasteiger partial charge in [-0.25, -0.2) is 24.7 Å². The standard InChI is InChI=1S/C30H37N7O2/c1-20-9-10-22-24(20)26(35-19-34-22)37-18-30(11-15-36(16-12-30)28(38)39-29(2,3)4)25-21(7-5-8-23(25)37)17-33-27-31-13-6-14-32-27/h5-8,13-14,19-20H,9-12,15-18H2,1-4H3,(H,31,32,33)/t20-/m1/s1. The van der Waals surface area contributed by atoms with Gasteiger partial charge in [0.15, 0.2) is 0 Å². The average molecular weight is 528 g/mol. The minimum absolute atomic E-state index is 0.108. The number of hydrogen-bond acceptors (Lipinski definition) is 8. The molecule has 2 aromatic heterocycles. The van der Waals surface area contributed by atoms with Crippen LogP contribution >= 0.6 is 0 Å². The highest BCUT2D eigenvalue weighted by molar-refractivity contribution is 5.76. The number of piperidine rings is 1. The largest absolute Gasteiger partial charge is 0.444 e. The number of hydrogen-bond donors (Lipinski definition) is 1. The van der Waals surface area contributed by atoms with Gasteiger partial charge in [-0.15, -0.1) is 0 Å². The smallest absolute Gasteiger partial charge is 0.410 e. The van der Waals surface area contributed by atoms with Crippen LogP contribution in [0, 0.1) is 0 Å². The molecule has 9 heteroatoms. The molecule has 4 heterocycles. The highest BCUT2D eigenvalue weighted by Gasteiger charge is 2.48. The van der Waals surface area contributed by atoms with Crippen molar-refractivity contribution in [2.45, 2.75) is 76.9 Å². The van der Waals surface area contributed by atoms with Crippen molar-refractivity contribution in [3.8, 4) is 0 Å². The van der Waals surface area contributed by atoms with Crippen molar-refractivity contribution in [3.05, 3.63) is 65.4 Å². The summed E-state index contributed by atoms with van der Waals surface area (Å²) >= 11 is 0. The Balaban J connectivity index is 1.36. The molecule has 2 aliphatic heterocycles. The van der Waals surface area contributed by atoms with Gasteiger partial charge in [-0.2, -0.15) is 0 Å². The van der Waals surface area contributed by atoms with E-state index in [1.807, 2.05) is 31.7 Å². The van der Waals surface area contributed by atoms with E-state index >= 15 is 0 Å². The van der Waals surface area contributed by atoms with Gasteiger partial charge in [-0.3, -0.25) is 0 Å². The molecule has 0 saturated carbocycles. The Morgan fingerprint density at radius 2 is 1.87 bits per heavy atom. The minimum Gasteiger partial charge on any atom is -0.444 e. The van der Waals surface area contributed by atoms with Gasteiger partial charge in [0.2, 0.25) is 5.95 Å². The molecular formula is C30H37N7O2. The van der Waals surface area contributed by atoms with Gasteiger partial charge in [0.1, 0.15) is 17.7 Å². The molecule has 1 aliphatic carbocycles. The summed E-state index contributed by atoms with van der Waals surface area (Å²) in [6, 6.07) is 8.38. The van der Waals surface area contributed by atoms with Gasteiger partial charge in [-0.1, -0.05) is 19.1 Å². The van der Waals surface area contributed by atoms with Crippen LogP contribution < -0.4 is 10.2 Å². The third-order valence-corrected chi connectivity index (χ3v) is 8.29. The lowest BCUT2D eigenvalue weighted by molar-refractivity contribution is 0.0170. The van der Waals surface area contributed by atoms with Crippen molar-refractivity contribution in [3.63, 3.8) is 0 Å². The summed E-state index contributed by atoms with van der Waals surface area (Å²) in [5.74, 6) is 2.08. The van der Waals surface area contributed by atoms with Gasteiger partial charge in [-0.05, 0) is 75.6 Å². The molecule has 1 spiro atoms. The van der Waals surface area contributed by atoms with Crippen LogP contribution in [0.3, 0.4) is 0 Å². The maximum absolute atomic E-state index is 12.9. The van der Waals surface area contributed by atoms with E-state index in [0.717, 1.165) is 38.0 Å². The second-order valence-electron chi connectivity index (χ2n) is 12.1. The number of nitrogens with one attached hydrogen (secondary N) is 1. The lowest BCUT2D eigenvalue weighted by Crippen LogP contribution is -2.48. The highest BCUT2D eigenvalue weighted by Crippen LogP contribution is 2.52. The Hall–Kier alpha value is -3.75. The lowest BCUT2D eigenvalue weighted by Gasteiger charge is -2.41. The Kier molecular flexibility index (Phi) is 6.40. The van der Waals surface area contributed by atoms with Gasteiger partial charge in [0.05, 0.1) is 0 Å². The van der Waals surface area contributed by atoms with Crippen molar-refractivity contribution in [1.82, 2.24) is 24.8 Å². The molecule has 1 atom stereocenters. The predicted molar refractivity (Wildman–Crippen MR) is 150 cm³/mol. The van der Waals surface area contributed by atoms with E-state index in [4.69, 9.17) is 9.72 Å². The number of likely N-dealkylation sites (tertiary alicyclic amines) is 1. The fourth-order valence-corrected chi connectivity index (χ4v) is 6.48. The summed E-state index contributed by atoms with van der Waals surface area (Å²) < 4.78 is 5.70. The molecule has 204 valence electrons. The van der Waals surface area contributed by atoms with Crippen molar-refractivity contribution in [2.24, 2.45) is 0 Å². The summed E-state index contributed by atoms with van der Waals surface area (Å²) in [6.45, 7) is 10.8. The molecule has 9 nitrogen and oxygen atoms in total. The molecule has 3 aliphatic rings. The normalized spacial score (nSPS) is 19.6. The molecule has 1 saturated heterocycles. The van der Waals surface area contributed by atoms with E-state index < -0.39 is 5.60 Å². The van der Waals surface area contributed by atoms with E-state index in [9.17, 15) is 4.79 Å². The number of carbonyl (C=O) groups excluding carboxylic acids is 1. The number of aromatic nitrogens is 4. The van der Waals surface area contributed by atoms with Crippen LogP contribution in [0.25, 0.3) is 0 Å². The molecule has 6 rings (SSSR count). The predicted octanol–water partition coefficient (Wildman–Crippen LogP) is 5.35. The number of rotatable bonds is 4. The first kappa shape index (κ1) is 25.5. The monoisotopic (exact) mass is 527 g/mol. The van der Waals surface area contributed by atoms with E-state index in [1.54, 1.807) is 18.7 Å². The van der Waals surface area contributed by atoms with Gasteiger partial charge >= 0.3 is 6.09 Å². The summed E-state index contributed by atoms with van der Waals surface area (Å²) in [6.07, 6.45) is 8.82. The topological polar surface area (TPSA) is 96.4 Å². The molecular weight excluding hydrogens is 490 g/mol. The summed E-state index contributed by atoms with van der Waals surface area (Å²) in [5, 5.41) is 3.42. The quantitative estimate of drug-likeness (QED) is 0.485. The molecule has 39 heavy (non-hydrogen) atoms. The number of aryl methyl sites for hydroxylation is 1. The van der Waals surface area contributed by atoms with Crippen LogP contribution in [0.1, 0.15) is 75.3 Å². The summed E-state index contributed by atoms with van der Waals surface area (Å²) in [7, 11) is 0. The van der Waals surface area contributed by atoms with Gasteiger partial charge in [0, 0.05) is 60.9 Å². The lowest BCUT2D eigenvalue weighted by atomic mass is 9.72. The molecule has 1 aromatic carbocycles. The molecule has 0 radical (unpaired) electrons. The van der Waals surface area contributed by atoms with Crippen LogP contribution in [0.15, 0.2) is 43.0 Å². The van der Waals surface area contributed by atoms with Crippen molar-refractivity contribution in [2.75, 3.05) is 29.9 Å². The molecule has 1 fully saturated rings. The Labute approximate surface area is 230 Å². The first-order chi connectivity index (χ1) is 18.7. The van der Waals surface area contributed by atoms with Crippen molar-refractivity contribution in [1.29, 1.82) is 0 Å². The summed E-state index contributed by atoms with van der Waals surface area (Å²) in [5.41, 5.74) is 5.62. The van der Waals surface area contributed by atoms with Gasteiger partial charge < -0.3 is 19.9 Å². The second kappa shape index (κ2) is 9.77. The second-order valence-corrected chi connectivity index (χ2v) is 12.1. The zero-order chi connectivity index (χ0) is 27.2. The number of ether oxygens (including phenoxy) is 1. The van der Waals surface area contributed by atoms with Crippen molar-refractivity contribution >= 4 is 23.5 Å². The molecule has 3 aromatic rings. The highest BCUT2D eigenvalue weighted by atomic mass is 16.6. The third-order valence-electron chi connectivity index (χ3n) is 8.29. The van der Waals surface area contributed by atoms with Crippen molar-refractivity contribution < 1.29 is 9.53 Å². The molecule has 1 N–H and O–H groups in total. The third kappa shape index (κ3) is 4.79. The van der Waals surface area contributed by atoms with E-state index in [1.165, 1.54) is 28.1 Å². The Bertz CT molecular complexity index is 1360.